The first-order valence-corrected chi connectivity index (χ1v) is 7.98. The number of thioether (sulfide) groups is 1. The van der Waals surface area contributed by atoms with Crippen molar-refractivity contribution in [1.29, 1.82) is 0 Å². The SMILES string of the molecule is NC1C=C(c2ccccc2)Sc2nc(-c3ccccc3)cn21. The molecule has 4 rings (SSSR count). The average Bonchev–Trinajstić information content (AvgIpc) is 3.01. The quantitative estimate of drug-likeness (QED) is 0.773. The van der Waals surface area contributed by atoms with Gasteiger partial charge in [0, 0.05) is 16.7 Å². The number of hydrogen-bond donors (Lipinski definition) is 1. The van der Waals surface area contributed by atoms with Crippen LogP contribution in [-0.2, 0) is 0 Å². The maximum absolute atomic E-state index is 6.30. The Morgan fingerprint density at radius 1 is 0.909 bits per heavy atom. The first kappa shape index (κ1) is 13.4. The van der Waals surface area contributed by atoms with Gasteiger partial charge in [0.1, 0.15) is 6.17 Å². The minimum atomic E-state index is -0.184. The number of benzene rings is 2. The molecule has 0 aliphatic carbocycles. The molecule has 1 aromatic heterocycles. The van der Waals surface area contributed by atoms with E-state index in [0.29, 0.717) is 0 Å². The van der Waals surface area contributed by atoms with E-state index in [-0.39, 0.29) is 6.17 Å². The van der Waals surface area contributed by atoms with E-state index in [2.05, 4.69) is 30.3 Å². The number of nitrogens with two attached hydrogens (primary N) is 1. The smallest absolute Gasteiger partial charge is 0.175 e. The molecule has 108 valence electrons. The highest BCUT2D eigenvalue weighted by Crippen LogP contribution is 2.40. The van der Waals surface area contributed by atoms with Crippen LogP contribution < -0.4 is 5.73 Å². The van der Waals surface area contributed by atoms with Gasteiger partial charge in [0.05, 0.1) is 5.69 Å². The Balaban J connectivity index is 1.71. The molecule has 1 unspecified atom stereocenters. The van der Waals surface area contributed by atoms with Gasteiger partial charge in [-0.15, -0.1) is 0 Å². The summed E-state index contributed by atoms with van der Waals surface area (Å²) in [6, 6.07) is 20.5. The van der Waals surface area contributed by atoms with E-state index in [1.165, 1.54) is 5.56 Å². The van der Waals surface area contributed by atoms with Gasteiger partial charge < -0.3 is 10.3 Å². The summed E-state index contributed by atoms with van der Waals surface area (Å²) in [6.07, 6.45) is 3.93. The zero-order chi connectivity index (χ0) is 14.9. The van der Waals surface area contributed by atoms with Gasteiger partial charge in [0.15, 0.2) is 5.16 Å². The molecule has 1 aliphatic rings. The molecule has 2 aromatic carbocycles. The van der Waals surface area contributed by atoms with Crippen LogP contribution in [0.25, 0.3) is 16.2 Å². The third kappa shape index (κ3) is 2.36. The molecule has 0 radical (unpaired) electrons. The Morgan fingerprint density at radius 2 is 1.55 bits per heavy atom. The lowest BCUT2D eigenvalue weighted by atomic mass is 10.2. The van der Waals surface area contributed by atoms with Gasteiger partial charge in [-0.2, -0.15) is 0 Å². The fraction of sp³-hybridized carbons (Fsp3) is 0.0556. The van der Waals surface area contributed by atoms with Crippen LogP contribution in [0.15, 0.2) is 78.1 Å². The number of rotatable bonds is 2. The predicted molar refractivity (Wildman–Crippen MR) is 91.2 cm³/mol. The fourth-order valence-electron chi connectivity index (χ4n) is 2.54. The third-order valence-corrected chi connectivity index (χ3v) is 4.75. The summed E-state index contributed by atoms with van der Waals surface area (Å²) in [5.74, 6) is 0. The minimum absolute atomic E-state index is 0.184. The molecule has 1 atom stereocenters. The van der Waals surface area contributed by atoms with E-state index >= 15 is 0 Å². The first-order valence-electron chi connectivity index (χ1n) is 7.16. The zero-order valence-corrected chi connectivity index (χ0v) is 12.7. The van der Waals surface area contributed by atoms with Gasteiger partial charge in [-0.1, -0.05) is 72.4 Å². The molecule has 0 bridgehead atoms. The van der Waals surface area contributed by atoms with E-state index in [1.54, 1.807) is 11.8 Å². The summed E-state index contributed by atoms with van der Waals surface area (Å²) in [4.78, 5) is 5.91. The van der Waals surface area contributed by atoms with Crippen LogP contribution in [0, 0.1) is 0 Å². The average molecular weight is 305 g/mol. The van der Waals surface area contributed by atoms with Crippen LogP contribution in [0.3, 0.4) is 0 Å². The van der Waals surface area contributed by atoms with Crippen molar-refractivity contribution < 1.29 is 0 Å². The van der Waals surface area contributed by atoms with E-state index < -0.39 is 0 Å². The number of aromatic nitrogens is 2. The summed E-state index contributed by atoms with van der Waals surface area (Å²) in [5, 5.41) is 0.938. The van der Waals surface area contributed by atoms with Crippen molar-refractivity contribution in [2.75, 3.05) is 0 Å². The Morgan fingerprint density at radius 3 is 2.23 bits per heavy atom. The van der Waals surface area contributed by atoms with Gasteiger partial charge in [-0.3, -0.25) is 0 Å². The monoisotopic (exact) mass is 305 g/mol. The van der Waals surface area contributed by atoms with Crippen molar-refractivity contribution in [3.8, 4) is 11.3 Å². The van der Waals surface area contributed by atoms with Gasteiger partial charge in [-0.05, 0) is 11.6 Å². The molecule has 0 fully saturated rings. The fourth-order valence-corrected chi connectivity index (χ4v) is 3.62. The minimum Gasteiger partial charge on any atom is -0.308 e. The number of nitrogens with zero attached hydrogens (tertiary/aromatic N) is 2. The van der Waals surface area contributed by atoms with E-state index in [0.717, 1.165) is 21.3 Å². The van der Waals surface area contributed by atoms with Crippen molar-refractivity contribution in [3.63, 3.8) is 0 Å². The topological polar surface area (TPSA) is 43.8 Å². The van der Waals surface area contributed by atoms with E-state index in [1.807, 2.05) is 47.2 Å². The van der Waals surface area contributed by atoms with Crippen LogP contribution in [0.1, 0.15) is 11.7 Å². The third-order valence-electron chi connectivity index (χ3n) is 3.67. The molecular formula is C18H15N3S. The molecule has 0 spiro atoms. The number of imidazole rings is 1. The van der Waals surface area contributed by atoms with Crippen LogP contribution in [0.5, 0.6) is 0 Å². The second-order valence-electron chi connectivity index (χ2n) is 5.17. The van der Waals surface area contributed by atoms with Crippen LogP contribution >= 0.6 is 11.8 Å². The second kappa shape index (κ2) is 5.48. The van der Waals surface area contributed by atoms with Crippen LogP contribution in [-0.4, -0.2) is 9.55 Å². The Bertz CT molecular complexity index is 822. The molecule has 0 saturated heterocycles. The van der Waals surface area contributed by atoms with E-state index in [9.17, 15) is 0 Å². The second-order valence-corrected chi connectivity index (χ2v) is 6.18. The van der Waals surface area contributed by atoms with Gasteiger partial charge in [0.2, 0.25) is 0 Å². The van der Waals surface area contributed by atoms with Crippen molar-refractivity contribution in [2.24, 2.45) is 5.73 Å². The highest BCUT2D eigenvalue weighted by Gasteiger charge is 2.21. The summed E-state index contributed by atoms with van der Waals surface area (Å²) in [6.45, 7) is 0. The zero-order valence-electron chi connectivity index (χ0n) is 11.9. The largest absolute Gasteiger partial charge is 0.308 e. The first-order chi connectivity index (χ1) is 10.8. The lowest BCUT2D eigenvalue weighted by Gasteiger charge is -2.20. The molecule has 3 aromatic rings. The number of fused-ring (bicyclic) bond motifs is 1. The Kier molecular flexibility index (Phi) is 3.33. The molecular weight excluding hydrogens is 290 g/mol. The molecule has 4 heteroatoms. The molecule has 22 heavy (non-hydrogen) atoms. The standard InChI is InChI=1S/C18H15N3S/c19-17-11-16(14-9-5-2-6-10-14)22-18-20-15(12-21(17)18)13-7-3-1-4-8-13/h1-12,17H,19H2. The van der Waals surface area contributed by atoms with Crippen molar-refractivity contribution in [1.82, 2.24) is 9.55 Å². The Labute approximate surface area is 133 Å². The summed E-state index contributed by atoms with van der Waals surface area (Å²) in [5.41, 5.74) is 9.55. The predicted octanol–water partition coefficient (Wildman–Crippen LogP) is 4.15. The lowest BCUT2D eigenvalue weighted by Crippen LogP contribution is -2.19. The molecule has 0 amide bonds. The molecule has 2 N–H and O–H groups in total. The van der Waals surface area contributed by atoms with Gasteiger partial charge in [-0.25, -0.2) is 4.98 Å². The maximum Gasteiger partial charge on any atom is 0.175 e. The van der Waals surface area contributed by atoms with Crippen LogP contribution in [0.2, 0.25) is 0 Å². The van der Waals surface area contributed by atoms with Crippen molar-refractivity contribution >= 4 is 16.7 Å². The molecule has 3 nitrogen and oxygen atoms in total. The Hall–Kier alpha value is -2.30. The van der Waals surface area contributed by atoms with E-state index in [4.69, 9.17) is 10.7 Å². The normalized spacial score (nSPS) is 17.0. The van der Waals surface area contributed by atoms with Crippen LogP contribution in [0.4, 0.5) is 0 Å². The molecule has 0 saturated carbocycles. The summed E-state index contributed by atoms with van der Waals surface area (Å²) >= 11 is 1.66. The van der Waals surface area contributed by atoms with Gasteiger partial charge >= 0.3 is 0 Å². The maximum atomic E-state index is 6.30. The molecule has 2 heterocycles. The van der Waals surface area contributed by atoms with Crippen molar-refractivity contribution in [2.45, 2.75) is 11.3 Å². The number of hydrogen-bond acceptors (Lipinski definition) is 3. The molecule has 1 aliphatic heterocycles. The highest BCUT2D eigenvalue weighted by atomic mass is 32.2. The highest BCUT2D eigenvalue weighted by molar-refractivity contribution is 8.08. The van der Waals surface area contributed by atoms with Crippen molar-refractivity contribution in [3.05, 3.63) is 78.5 Å². The van der Waals surface area contributed by atoms with Gasteiger partial charge in [0.25, 0.3) is 0 Å². The lowest BCUT2D eigenvalue weighted by molar-refractivity contribution is 0.574. The summed E-state index contributed by atoms with van der Waals surface area (Å²) < 4.78 is 2.03. The summed E-state index contributed by atoms with van der Waals surface area (Å²) in [7, 11) is 0.